The molecule has 0 aliphatic heterocycles. The molecule has 0 fully saturated rings. The van der Waals surface area contributed by atoms with Gasteiger partial charge in [0.15, 0.2) is 0 Å². The van der Waals surface area contributed by atoms with E-state index in [1.165, 1.54) is 0 Å². The van der Waals surface area contributed by atoms with Crippen LogP contribution in [0, 0.1) is 5.41 Å². The summed E-state index contributed by atoms with van der Waals surface area (Å²) in [5.41, 5.74) is 7.03. The van der Waals surface area contributed by atoms with E-state index in [4.69, 9.17) is 10.5 Å². The zero-order valence-corrected chi connectivity index (χ0v) is 13.9. The third kappa shape index (κ3) is 8.05. The summed E-state index contributed by atoms with van der Waals surface area (Å²) < 4.78 is 5.07. The first kappa shape index (κ1) is 19.9. The molecule has 1 atom stereocenters. The summed E-state index contributed by atoms with van der Waals surface area (Å²) in [4.78, 5) is 12.0. The molecule has 4 nitrogen and oxygen atoms in total. The van der Waals surface area contributed by atoms with Gasteiger partial charge < -0.3 is 15.8 Å². The quantitative estimate of drug-likeness (QED) is 0.773. The Hall–Kier alpha value is -1.10. The third-order valence-electron chi connectivity index (χ3n) is 3.36. The third-order valence-corrected chi connectivity index (χ3v) is 3.36. The lowest BCUT2D eigenvalue weighted by Crippen LogP contribution is -2.45. The standard InChI is InChI=1S/C16H26N2O2.ClH/c1-16(2,9-10-20-3)12-18-15(19)14(17)11-13-7-5-4-6-8-13;/h4-8,14H,9-12,17H2,1-3H3,(H,18,19);1H. The molecule has 0 bridgehead atoms. The van der Waals surface area contributed by atoms with Crippen molar-refractivity contribution in [1.29, 1.82) is 0 Å². The molecule has 0 aliphatic carbocycles. The van der Waals surface area contributed by atoms with Gasteiger partial charge >= 0.3 is 0 Å². The molecule has 1 aromatic rings. The predicted octanol–water partition coefficient (Wildman–Crippen LogP) is 2.16. The maximum Gasteiger partial charge on any atom is 0.237 e. The zero-order valence-electron chi connectivity index (χ0n) is 13.1. The van der Waals surface area contributed by atoms with Gasteiger partial charge in [0.2, 0.25) is 5.91 Å². The largest absolute Gasteiger partial charge is 0.385 e. The van der Waals surface area contributed by atoms with Crippen molar-refractivity contribution in [2.75, 3.05) is 20.3 Å². The minimum atomic E-state index is -0.504. The second-order valence-corrected chi connectivity index (χ2v) is 5.92. The van der Waals surface area contributed by atoms with Gasteiger partial charge in [-0.05, 0) is 23.8 Å². The normalized spacial score (nSPS) is 12.4. The van der Waals surface area contributed by atoms with Crippen LogP contribution in [-0.2, 0) is 16.0 Å². The van der Waals surface area contributed by atoms with E-state index >= 15 is 0 Å². The Morgan fingerprint density at radius 2 is 1.95 bits per heavy atom. The van der Waals surface area contributed by atoms with Crippen LogP contribution in [0.5, 0.6) is 0 Å². The highest BCUT2D eigenvalue weighted by molar-refractivity contribution is 5.85. The number of nitrogens with one attached hydrogen (secondary N) is 1. The average Bonchev–Trinajstić information content (AvgIpc) is 2.44. The van der Waals surface area contributed by atoms with Crippen LogP contribution in [0.3, 0.4) is 0 Å². The van der Waals surface area contributed by atoms with Crippen LogP contribution in [0.2, 0.25) is 0 Å². The molecule has 1 aromatic carbocycles. The first-order valence-corrected chi connectivity index (χ1v) is 7.01. The number of carbonyl (C=O) groups excluding carboxylic acids is 1. The van der Waals surface area contributed by atoms with Crippen LogP contribution in [-0.4, -0.2) is 32.2 Å². The van der Waals surface area contributed by atoms with Crippen molar-refractivity contribution < 1.29 is 9.53 Å². The van der Waals surface area contributed by atoms with Crippen LogP contribution in [0.4, 0.5) is 0 Å². The summed E-state index contributed by atoms with van der Waals surface area (Å²) in [5, 5.41) is 2.93. The molecule has 1 amide bonds. The molecule has 0 spiro atoms. The van der Waals surface area contributed by atoms with Crippen LogP contribution in [0.1, 0.15) is 25.8 Å². The Morgan fingerprint density at radius 1 is 1.33 bits per heavy atom. The smallest absolute Gasteiger partial charge is 0.237 e. The van der Waals surface area contributed by atoms with E-state index in [2.05, 4.69) is 19.2 Å². The monoisotopic (exact) mass is 314 g/mol. The molecule has 0 saturated carbocycles. The molecule has 3 N–H and O–H groups in total. The van der Waals surface area contributed by atoms with E-state index in [9.17, 15) is 4.79 Å². The molecule has 0 aromatic heterocycles. The van der Waals surface area contributed by atoms with E-state index in [-0.39, 0.29) is 23.7 Å². The molecule has 5 heteroatoms. The lowest BCUT2D eigenvalue weighted by molar-refractivity contribution is -0.122. The van der Waals surface area contributed by atoms with Gasteiger partial charge in [-0.2, -0.15) is 0 Å². The molecule has 21 heavy (non-hydrogen) atoms. The van der Waals surface area contributed by atoms with Gasteiger partial charge in [0.25, 0.3) is 0 Å². The first-order chi connectivity index (χ1) is 9.44. The SMILES string of the molecule is COCCC(C)(C)CNC(=O)C(N)Cc1ccccc1.Cl. The first-order valence-electron chi connectivity index (χ1n) is 7.01. The highest BCUT2D eigenvalue weighted by atomic mass is 35.5. The van der Waals surface area contributed by atoms with Gasteiger partial charge in [0.1, 0.15) is 0 Å². The van der Waals surface area contributed by atoms with Crippen molar-refractivity contribution >= 4 is 18.3 Å². The van der Waals surface area contributed by atoms with Gasteiger partial charge in [0.05, 0.1) is 6.04 Å². The molecular weight excluding hydrogens is 288 g/mol. The minimum Gasteiger partial charge on any atom is -0.385 e. The fourth-order valence-corrected chi connectivity index (χ4v) is 1.88. The van der Waals surface area contributed by atoms with Crippen molar-refractivity contribution in [3.8, 4) is 0 Å². The molecule has 0 radical (unpaired) electrons. The second kappa shape index (κ2) is 9.77. The molecular formula is C16H27ClN2O2. The number of methoxy groups -OCH3 is 1. The van der Waals surface area contributed by atoms with Crippen molar-refractivity contribution in [2.24, 2.45) is 11.1 Å². The predicted molar refractivity (Wildman–Crippen MR) is 88.7 cm³/mol. The maximum atomic E-state index is 12.0. The van der Waals surface area contributed by atoms with Crippen LogP contribution >= 0.6 is 12.4 Å². The molecule has 0 heterocycles. The number of amides is 1. The lowest BCUT2D eigenvalue weighted by atomic mass is 9.89. The molecule has 0 aliphatic rings. The summed E-state index contributed by atoms with van der Waals surface area (Å²) in [7, 11) is 1.68. The number of ether oxygens (including phenoxy) is 1. The van der Waals surface area contributed by atoms with Crippen LogP contribution < -0.4 is 11.1 Å². The molecule has 120 valence electrons. The summed E-state index contributed by atoms with van der Waals surface area (Å²) in [6.45, 7) is 5.51. The Bertz CT molecular complexity index is 410. The summed E-state index contributed by atoms with van der Waals surface area (Å²) in [6, 6.07) is 9.32. The zero-order chi connectivity index (χ0) is 15.0. The number of carbonyl (C=O) groups is 1. The van der Waals surface area contributed by atoms with Gasteiger partial charge in [-0.25, -0.2) is 0 Å². The Kier molecular flexibility index (Phi) is 9.26. The van der Waals surface area contributed by atoms with Crippen LogP contribution in [0.15, 0.2) is 30.3 Å². The van der Waals surface area contributed by atoms with Gasteiger partial charge in [-0.15, -0.1) is 12.4 Å². The number of hydrogen-bond acceptors (Lipinski definition) is 3. The van der Waals surface area contributed by atoms with Gasteiger partial charge in [-0.3, -0.25) is 4.79 Å². The van der Waals surface area contributed by atoms with Crippen molar-refractivity contribution in [3.05, 3.63) is 35.9 Å². The Balaban J connectivity index is 0.00000400. The van der Waals surface area contributed by atoms with E-state index < -0.39 is 6.04 Å². The van der Waals surface area contributed by atoms with E-state index in [1.54, 1.807) is 7.11 Å². The van der Waals surface area contributed by atoms with Crippen LogP contribution in [0.25, 0.3) is 0 Å². The second-order valence-electron chi connectivity index (χ2n) is 5.92. The number of rotatable bonds is 8. The maximum absolute atomic E-state index is 12.0. The Labute approximate surface area is 133 Å². The van der Waals surface area contributed by atoms with Gasteiger partial charge in [-0.1, -0.05) is 44.2 Å². The Morgan fingerprint density at radius 3 is 2.52 bits per heavy atom. The topological polar surface area (TPSA) is 64.3 Å². The van der Waals surface area contributed by atoms with Crippen molar-refractivity contribution in [3.63, 3.8) is 0 Å². The molecule has 1 unspecified atom stereocenters. The highest BCUT2D eigenvalue weighted by Gasteiger charge is 2.21. The summed E-state index contributed by atoms with van der Waals surface area (Å²) >= 11 is 0. The number of hydrogen-bond donors (Lipinski definition) is 2. The summed E-state index contributed by atoms with van der Waals surface area (Å²) in [6.07, 6.45) is 1.46. The van der Waals surface area contributed by atoms with Gasteiger partial charge in [0, 0.05) is 20.3 Å². The van der Waals surface area contributed by atoms with E-state index in [1.807, 2.05) is 30.3 Å². The highest BCUT2D eigenvalue weighted by Crippen LogP contribution is 2.18. The fourth-order valence-electron chi connectivity index (χ4n) is 1.88. The summed E-state index contributed by atoms with van der Waals surface area (Å²) in [5.74, 6) is -0.0978. The fraction of sp³-hybridized carbons (Fsp3) is 0.562. The number of benzene rings is 1. The molecule has 0 saturated heterocycles. The van der Waals surface area contributed by atoms with Crippen molar-refractivity contribution in [2.45, 2.75) is 32.7 Å². The molecule has 1 rings (SSSR count). The average molecular weight is 315 g/mol. The number of nitrogens with two attached hydrogens (primary N) is 1. The van der Waals surface area contributed by atoms with Crippen molar-refractivity contribution in [1.82, 2.24) is 5.32 Å². The van der Waals surface area contributed by atoms with E-state index in [0.29, 0.717) is 19.6 Å². The minimum absolute atomic E-state index is 0. The lowest BCUT2D eigenvalue weighted by Gasteiger charge is -2.25. The number of halogens is 1. The van der Waals surface area contributed by atoms with E-state index in [0.717, 1.165) is 12.0 Å².